The van der Waals surface area contributed by atoms with Gasteiger partial charge in [-0.2, -0.15) is 0 Å². The van der Waals surface area contributed by atoms with Crippen LogP contribution in [0.1, 0.15) is 0 Å². The summed E-state index contributed by atoms with van der Waals surface area (Å²) in [5, 5.41) is 0. The van der Waals surface area contributed by atoms with Gasteiger partial charge in [0.2, 0.25) is 0 Å². The molecule has 6 heteroatoms. The number of rotatable bonds is 1. The molecule has 0 aliphatic rings. The summed E-state index contributed by atoms with van der Waals surface area (Å²) in [6, 6.07) is 0. The zero-order chi connectivity index (χ0) is 4.28. The van der Waals surface area contributed by atoms with Gasteiger partial charge in [-0.05, 0) is 0 Å². The third-order valence-corrected chi connectivity index (χ3v) is 1.84. The Morgan fingerprint density at radius 2 is 1.67 bits per heavy atom. The summed E-state index contributed by atoms with van der Waals surface area (Å²) in [6.07, 6.45) is 0. The zero-order valence-electron chi connectivity index (χ0n) is 3.38. The topological polar surface area (TPSA) is 78.4 Å². The van der Waals surface area contributed by atoms with Gasteiger partial charge in [0, 0.05) is 0 Å². The van der Waals surface area contributed by atoms with Crippen molar-refractivity contribution < 1.29 is 26.1 Å². The fourth-order valence-electron chi connectivity index (χ4n) is 0. The van der Waals surface area contributed by atoms with E-state index in [-0.39, 0.29) is 6.15 Å². The maximum absolute atomic E-state index is 9.30. The van der Waals surface area contributed by atoms with E-state index in [1.807, 2.05) is 0 Å². The summed E-state index contributed by atoms with van der Waals surface area (Å²) in [4.78, 5) is 0. The van der Waals surface area contributed by atoms with Crippen LogP contribution < -0.4 is 6.15 Å². The fourth-order valence-corrected chi connectivity index (χ4v) is 0. The number of hydrogen-bond acceptors (Lipinski definition) is 4. The molecule has 0 radical (unpaired) electrons. The summed E-state index contributed by atoms with van der Waals surface area (Å²) in [5.41, 5.74) is 0. The molecule has 0 saturated carbocycles. The molecule has 0 rings (SSSR count). The molecule has 3 N–H and O–H groups in total. The average Bonchev–Trinajstić information content (AvgIpc) is 1.38. The van der Waals surface area contributed by atoms with E-state index in [0.29, 0.717) is 10.5 Å². The van der Waals surface area contributed by atoms with Crippen molar-refractivity contribution in [2.75, 3.05) is 0 Å². The molecular formula is H6NO3SiV. The van der Waals surface area contributed by atoms with Gasteiger partial charge < -0.3 is 6.15 Å². The van der Waals surface area contributed by atoms with Crippen molar-refractivity contribution in [3.05, 3.63) is 0 Å². The Kier molecular flexibility index (Phi) is 8.50. The SMILES string of the molecule is N.[O]=[V](=[O])[O][SiH3]. The van der Waals surface area contributed by atoms with E-state index >= 15 is 0 Å². The van der Waals surface area contributed by atoms with Crippen LogP contribution in [0.25, 0.3) is 0 Å². The monoisotopic (exact) mass is 147 g/mol. The van der Waals surface area contributed by atoms with Crippen LogP contribution in [0.2, 0.25) is 0 Å². The van der Waals surface area contributed by atoms with Crippen molar-refractivity contribution in [2.45, 2.75) is 0 Å². The summed E-state index contributed by atoms with van der Waals surface area (Å²) in [5.74, 6) is 0. The zero-order valence-corrected chi connectivity index (χ0v) is 6.78. The molecule has 0 amide bonds. The van der Waals surface area contributed by atoms with Gasteiger partial charge in [0.1, 0.15) is 0 Å². The molecule has 0 fully saturated rings. The molecule has 38 valence electrons. The van der Waals surface area contributed by atoms with E-state index in [2.05, 4.69) is 3.35 Å². The standard InChI is InChI=1S/H3N.H3OSi.2O.V/c;1-2;;;/h1H3;2H3;;;/q;-1;;;+1. The molecule has 4 nitrogen and oxygen atoms in total. The van der Waals surface area contributed by atoms with Crippen LogP contribution in [0.15, 0.2) is 0 Å². The van der Waals surface area contributed by atoms with Crippen LogP contribution in [-0.4, -0.2) is 10.5 Å². The Hall–Kier alpha value is 0.321. The number of hydrogen-bond donors (Lipinski definition) is 1. The van der Waals surface area contributed by atoms with E-state index in [1.165, 1.54) is 0 Å². The first-order valence-corrected chi connectivity index (χ1v) is 3.48. The van der Waals surface area contributed by atoms with Gasteiger partial charge in [-0.1, -0.05) is 0 Å². The third kappa shape index (κ3) is 8.85. The Morgan fingerprint density at radius 3 is 1.67 bits per heavy atom. The van der Waals surface area contributed by atoms with E-state index in [9.17, 15) is 7.35 Å². The molecule has 0 atom stereocenters. The molecule has 0 aliphatic heterocycles. The van der Waals surface area contributed by atoms with Crippen molar-refractivity contribution in [3.63, 3.8) is 0 Å². The Balaban J connectivity index is 0. The van der Waals surface area contributed by atoms with Gasteiger partial charge >= 0.3 is 36.6 Å². The van der Waals surface area contributed by atoms with Crippen molar-refractivity contribution >= 4 is 10.5 Å². The predicted octanol–water partition coefficient (Wildman–Crippen LogP) is -1.33. The second-order valence-electron chi connectivity index (χ2n) is 0.406. The second-order valence-corrected chi connectivity index (χ2v) is 3.18. The minimum atomic E-state index is -3.14. The van der Waals surface area contributed by atoms with E-state index in [4.69, 9.17) is 0 Å². The van der Waals surface area contributed by atoms with Crippen LogP contribution in [-0.2, 0) is 26.1 Å². The quantitative estimate of drug-likeness (QED) is 0.466. The third-order valence-electron chi connectivity index (χ3n) is 0.149. The molecule has 0 aliphatic carbocycles. The van der Waals surface area contributed by atoms with Gasteiger partial charge in [-0.15, -0.1) is 0 Å². The van der Waals surface area contributed by atoms with Crippen LogP contribution in [0.3, 0.4) is 0 Å². The molecule has 0 bridgehead atoms. The first kappa shape index (κ1) is 9.59. The fraction of sp³-hybridized carbons (Fsp3) is 0. The van der Waals surface area contributed by atoms with E-state index in [1.54, 1.807) is 0 Å². The second kappa shape index (κ2) is 5.32. The van der Waals surface area contributed by atoms with Crippen LogP contribution in [0, 0.1) is 0 Å². The molecule has 0 heterocycles. The summed E-state index contributed by atoms with van der Waals surface area (Å²) < 4.78 is 22.5. The van der Waals surface area contributed by atoms with Crippen LogP contribution >= 0.6 is 0 Å². The molecule has 0 unspecified atom stereocenters. The molecular weight excluding hydrogens is 141 g/mol. The van der Waals surface area contributed by atoms with Gasteiger partial charge in [-0.25, -0.2) is 0 Å². The van der Waals surface area contributed by atoms with Gasteiger partial charge in [-0.3, -0.25) is 0 Å². The average molecular weight is 147 g/mol. The Labute approximate surface area is 43.4 Å². The maximum atomic E-state index is 9.30. The van der Waals surface area contributed by atoms with Crippen LogP contribution in [0.4, 0.5) is 0 Å². The van der Waals surface area contributed by atoms with E-state index in [0.717, 1.165) is 0 Å². The normalized spacial score (nSPS) is 6.67. The molecule has 0 saturated heterocycles. The first-order chi connectivity index (χ1) is 2.27. The Bertz CT molecular complexity index is 68.9. The molecule has 6 heavy (non-hydrogen) atoms. The van der Waals surface area contributed by atoms with E-state index < -0.39 is 15.4 Å². The molecule has 0 aromatic carbocycles. The molecule has 0 aromatic rings. The Morgan fingerprint density at radius 1 is 1.50 bits per heavy atom. The van der Waals surface area contributed by atoms with Crippen molar-refractivity contribution in [3.8, 4) is 0 Å². The first-order valence-electron chi connectivity index (χ1n) is 0.956. The van der Waals surface area contributed by atoms with Crippen molar-refractivity contribution in [2.24, 2.45) is 0 Å². The summed E-state index contributed by atoms with van der Waals surface area (Å²) in [7, 11) is 0.313. The van der Waals surface area contributed by atoms with Crippen LogP contribution in [0.5, 0.6) is 0 Å². The summed E-state index contributed by atoms with van der Waals surface area (Å²) >= 11 is -3.14. The minimum absolute atomic E-state index is 0. The van der Waals surface area contributed by atoms with Gasteiger partial charge in [0.05, 0.1) is 0 Å². The van der Waals surface area contributed by atoms with Crippen molar-refractivity contribution in [1.82, 2.24) is 6.15 Å². The van der Waals surface area contributed by atoms with Gasteiger partial charge in [0.15, 0.2) is 0 Å². The van der Waals surface area contributed by atoms with Crippen molar-refractivity contribution in [1.29, 1.82) is 0 Å². The van der Waals surface area contributed by atoms with Gasteiger partial charge in [0.25, 0.3) is 0 Å². The molecule has 0 aromatic heterocycles. The molecule has 0 spiro atoms. The predicted molar refractivity (Wildman–Crippen MR) is 17.4 cm³/mol. The summed E-state index contributed by atoms with van der Waals surface area (Å²) in [6.45, 7) is 0.